The molecule has 2 N–H and O–H groups in total. The van der Waals surface area contributed by atoms with E-state index in [4.69, 9.17) is 18.4 Å². The SMILES string of the molecule is Cl.Cl.NCCn1ccc(/C=C2\CN(C(C(=O)C3CC3)c3ccccc3F)CCC2S)n1. The van der Waals surface area contributed by atoms with Gasteiger partial charge in [0.2, 0.25) is 0 Å². The maximum atomic E-state index is 14.6. The van der Waals surface area contributed by atoms with E-state index in [9.17, 15) is 9.18 Å². The van der Waals surface area contributed by atoms with Crippen molar-refractivity contribution in [2.45, 2.75) is 37.1 Å². The average Bonchev–Trinajstić information content (AvgIpc) is 3.47. The van der Waals surface area contributed by atoms with Crippen molar-refractivity contribution < 1.29 is 9.18 Å². The molecule has 170 valence electrons. The van der Waals surface area contributed by atoms with Crippen molar-refractivity contribution in [3.05, 3.63) is 59.2 Å². The predicted molar refractivity (Wildman–Crippen MR) is 130 cm³/mol. The molecule has 2 heterocycles. The first-order valence-corrected chi connectivity index (χ1v) is 10.7. The van der Waals surface area contributed by atoms with Gasteiger partial charge in [-0.2, -0.15) is 17.7 Å². The average molecular weight is 487 g/mol. The van der Waals surface area contributed by atoms with Crippen LogP contribution in [0.15, 0.2) is 42.1 Å². The number of halogens is 3. The number of hydrogen-bond acceptors (Lipinski definition) is 5. The molecule has 1 saturated carbocycles. The summed E-state index contributed by atoms with van der Waals surface area (Å²) >= 11 is 4.75. The summed E-state index contributed by atoms with van der Waals surface area (Å²) in [5.74, 6) is -0.113. The van der Waals surface area contributed by atoms with Crippen LogP contribution in [0.25, 0.3) is 6.08 Å². The lowest BCUT2D eigenvalue weighted by molar-refractivity contribution is -0.126. The van der Waals surface area contributed by atoms with Gasteiger partial charge in [-0.3, -0.25) is 14.4 Å². The van der Waals surface area contributed by atoms with E-state index >= 15 is 0 Å². The Balaban J connectivity index is 0.00000171. The van der Waals surface area contributed by atoms with Crippen molar-refractivity contribution in [2.75, 3.05) is 19.6 Å². The Morgan fingerprint density at radius 2 is 2.00 bits per heavy atom. The molecule has 1 aromatic carbocycles. The summed E-state index contributed by atoms with van der Waals surface area (Å²) < 4.78 is 16.4. The van der Waals surface area contributed by atoms with Crippen LogP contribution in [0.2, 0.25) is 0 Å². The second-order valence-corrected chi connectivity index (χ2v) is 8.51. The smallest absolute Gasteiger partial charge is 0.157 e. The Kier molecular flexibility index (Phi) is 9.58. The number of rotatable bonds is 7. The van der Waals surface area contributed by atoms with Crippen LogP contribution in [0.3, 0.4) is 0 Å². The number of nitrogens with zero attached hydrogens (tertiary/aromatic N) is 3. The van der Waals surface area contributed by atoms with Gasteiger partial charge in [0.1, 0.15) is 5.82 Å². The number of carbonyl (C=O) groups is 1. The third-order valence-corrected chi connectivity index (χ3v) is 6.26. The first-order chi connectivity index (χ1) is 14.1. The zero-order valence-corrected chi connectivity index (χ0v) is 19.7. The lowest BCUT2D eigenvalue weighted by Gasteiger charge is -2.37. The number of Topliss-reactive ketones (excluding diaryl/α,β-unsaturated/α-hetero) is 1. The maximum Gasteiger partial charge on any atom is 0.157 e. The number of thiol groups is 1. The van der Waals surface area contributed by atoms with Gasteiger partial charge in [0.15, 0.2) is 5.78 Å². The van der Waals surface area contributed by atoms with Gasteiger partial charge in [-0.05, 0) is 43.0 Å². The molecule has 2 aliphatic rings. The minimum Gasteiger partial charge on any atom is -0.329 e. The van der Waals surface area contributed by atoms with E-state index < -0.39 is 6.04 Å². The molecule has 0 bridgehead atoms. The van der Waals surface area contributed by atoms with Gasteiger partial charge in [0.05, 0.1) is 18.3 Å². The van der Waals surface area contributed by atoms with E-state index in [0.29, 0.717) is 31.7 Å². The highest BCUT2D eigenvalue weighted by atomic mass is 35.5. The first kappa shape index (κ1) is 25.9. The summed E-state index contributed by atoms with van der Waals surface area (Å²) in [7, 11) is 0. The van der Waals surface area contributed by atoms with Gasteiger partial charge in [0.25, 0.3) is 0 Å². The van der Waals surface area contributed by atoms with Crippen molar-refractivity contribution in [1.29, 1.82) is 0 Å². The maximum absolute atomic E-state index is 14.6. The molecule has 2 fully saturated rings. The van der Waals surface area contributed by atoms with Gasteiger partial charge in [-0.15, -0.1) is 24.8 Å². The number of ketones is 1. The second-order valence-electron chi connectivity index (χ2n) is 7.89. The molecule has 4 rings (SSSR count). The Morgan fingerprint density at radius 3 is 2.68 bits per heavy atom. The highest BCUT2D eigenvalue weighted by molar-refractivity contribution is 7.81. The number of nitrogens with two attached hydrogens (primary N) is 1. The lowest BCUT2D eigenvalue weighted by atomic mass is 9.93. The summed E-state index contributed by atoms with van der Waals surface area (Å²) in [6, 6.07) is 8.06. The molecule has 9 heteroatoms. The second kappa shape index (κ2) is 11.5. The lowest BCUT2D eigenvalue weighted by Crippen LogP contribution is -2.42. The molecule has 1 aliphatic carbocycles. The molecule has 1 aromatic heterocycles. The fourth-order valence-corrected chi connectivity index (χ4v) is 4.25. The number of benzene rings is 1. The fourth-order valence-electron chi connectivity index (χ4n) is 3.97. The van der Waals surface area contributed by atoms with Gasteiger partial charge in [0, 0.05) is 42.6 Å². The Morgan fingerprint density at radius 1 is 1.26 bits per heavy atom. The molecular weight excluding hydrogens is 458 g/mol. The highest BCUT2D eigenvalue weighted by Gasteiger charge is 2.40. The molecule has 0 spiro atoms. The van der Waals surface area contributed by atoms with Crippen molar-refractivity contribution in [3.8, 4) is 0 Å². The van der Waals surface area contributed by atoms with Crippen molar-refractivity contribution in [2.24, 2.45) is 11.7 Å². The molecule has 2 atom stereocenters. The van der Waals surface area contributed by atoms with E-state index in [0.717, 1.165) is 30.5 Å². The van der Waals surface area contributed by atoms with Crippen molar-refractivity contribution in [1.82, 2.24) is 14.7 Å². The van der Waals surface area contributed by atoms with Gasteiger partial charge in [-0.25, -0.2) is 4.39 Å². The predicted octanol–water partition coefficient (Wildman–Crippen LogP) is 3.93. The van der Waals surface area contributed by atoms with Crippen LogP contribution in [-0.4, -0.2) is 45.3 Å². The summed E-state index contributed by atoms with van der Waals surface area (Å²) in [6.45, 7) is 2.50. The number of likely N-dealkylation sites (tertiary alicyclic amines) is 1. The number of hydrogen-bond donors (Lipinski definition) is 2. The third-order valence-electron chi connectivity index (χ3n) is 5.67. The summed E-state index contributed by atoms with van der Waals surface area (Å²) in [5.41, 5.74) is 8.03. The molecule has 2 aromatic rings. The molecule has 1 saturated heterocycles. The van der Waals surface area contributed by atoms with E-state index in [1.54, 1.807) is 18.2 Å². The zero-order chi connectivity index (χ0) is 20.4. The van der Waals surface area contributed by atoms with Crippen LogP contribution in [0.4, 0.5) is 4.39 Å². The number of carbonyl (C=O) groups excluding carboxylic acids is 1. The quantitative estimate of drug-likeness (QED) is 0.581. The standard InChI is InChI=1S/C22H27FN4OS.2ClH/c23-19-4-2-1-3-18(19)21(22(28)15-5-6-15)26-10-8-20(29)16(14-26)13-17-7-11-27(25-17)12-9-24;;/h1-4,7,11,13,15,20-21,29H,5-6,8-10,12,14,24H2;2*1H/b16-13+;;. The van der Waals surface area contributed by atoms with Crippen LogP contribution in [-0.2, 0) is 11.3 Å². The van der Waals surface area contributed by atoms with Gasteiger partial charge in [-0.1, -0.05) is 18.2 Å². The summed E-state index contributed by atoms with van der Waals surface area (Å²) in [5, 5.41) is 4.63. The van der Waals surface area contributed by atoms with Crippen LogP contribution in [0.5, 0.6) is 0 Å². The molecule has 0 radical (unpaired) electrons. The van der Waals surface area contributed by atoms with Crippen molar-refractivity contribution in [3.63, 3.8) is 0 Å². The van der Waals surface area contributed by atoms with Crippen LogP contribution in [0, 0.1) is 11.7 Å². The van der Waals surface area contributed by atoms with Gasteiger partial charge < -0.3 is 5.73 Å². The van der Waals surface area contributed by atoms with Crippen LogP contribution < -0.4 is 5.73 Å². The molecule has 31 heavy (non-hydrogen) atoms. The van der Waals surface area contributed by atoms with E-state index in [1.165, 1.54) is 6.07 Å². The summed E-state index contributed by atoms with van der Waals surface area (Å²) in [4.78, 5) is 15.2. The minimum atomic E-state index is -0.539. The molecule has 0 amide bonds. The normalized spacial score (nSPS) is 21.3. The van der Waals surface area contributed by atoms with E-state index in [1.807, 2.05) is 23.0 Å². The van der Waals surface area contributed by atoms with E-state index in [-0.39, 0.29) is 47.6 Å². The molecule has 1 aliphatic heterocycles. The Labute approximate surface area is 200 Å². The van der Waals surface area contributed by atoms with Crippen LogP contribution >= 0.6 is 37.4 Å². The largest absolute Gasteiger partial charge is 0.329 e. The number of aromatic nitrogens is 2. The molecule has 2 unspecified atom stereocenters. The topological polar surface area (TPSA) is 64.2 Å². The van der Waals surface area contributed by atoms with Gasteiger partial charge >= 0.3 is 0 Å². The Hall–Kier alpha value is -1.38. The number of piperidine rings is 1. The third kappa shape index (κ3) is 6.11. The Bertz CT molecular complexity index is 918. The highest BCUT2D eigenvalue weighted by Crippen LogP contribution is 2.39. The minimum absolute atomic E-state index is 0. The summed E-state index contributed by atoms with van der Waals surface area (Å²) in [6.07, 6.45) is 6.58. The van der Waals surface area contributed by atoms with E-state index in [2.05, 4.69) is 10.00 Å². The molecular formula is C22H29Cl2FN4OS. The fraction of sp³-hybridized carbons (Fsp3) is 0.455. The first-order valence-electron chi connectivity index (χ1n) is 10.2. The van der Waals surface area contributed by atoms with Crippen LogP contribution in [0.1, 0.15) is 36.6 Å². The molecule has 5 nitrogen and oxygen atoms in total. The zero-order valence-electron chi connectivity index (χ0n) is 17.2. The monoisotopic (exact) mass is 486 g/mol. The van der Waals surface area contributed by atoms with Crippen molar-refractivity contribution >= 4 is 49.3 Å².